The molecule has 0 saturated heterocycles. The number of ether oxygens (including phenoxy) is 1. The Morgan fingerprint density at radius 3 is 1.15 bits per heavy atom. The highest BCUT2D eigenvalue weighted by atomic mass is 16.5. The quantitative estimate of drug-likeness (QED) is 0.253. The minimum Gasteiger partial charge on any atom is -0.463 e. The van der Waals surface area contributed by atoms with Crippen LogP contribution < -0.4 is 0 Å². The van der Waals surface area contributed by atoms with Gasteiger partial charge >= 0.3 is 5.97 Å². The molecule has 20 heavy (non-hydrogen) atoms. The van der Waals surface area contributed by atoms with E-state index < -0.39 is 0 Å². The number of aliphatic hydroxyl groups is 6. The van der Waals surface area contributed by atoms with Crippen molar-refractivity contribution in [2.45, 2.75) is 13.8 Å². The molecule has 0 aromatic rings. The van der Waals surface area contributed by atoms with E-state index in [2.05, 4.69) is 11.3 Å². The first-order chi connectivity index (χ1) is 9.42. The first-order valence-electron chi connectivity index (χ1n) is 5.90. The molecule has 0 spiro atoms. The van der Waals surface area contributed by atoms with E-state index in [-0.39, 0.29) is 45.6 Å². The molecule has 0 aliphatic rings. The summed E-state index contributed by atoms with van der Waals surface area (Å²) in [4.78, 5) is 10.4. The Labute approximate surface area is 119 Å². The van der Waals surface area contributed by atoms with Crippen LogP contribution in [0.25, 0.3) is 0 Å². The van der Waals surface area contributed by atoms with E-state index in [1.54, 1.807) is 13.8 Å². The maximum Gasteiger partial charge on any atom is 0.333 e. The number of hydrogen-bond donors (Lipinski definition) is 6. The smallest absolute Gasteiger partial charge is 0.333 e. The molecule has 0 fully saturated rings. The fourth-order valence-corrected chi connectivity index (χ4v) is 0.254. The summed E-state index contributed by atoms with van der Waals surface area (Å²) in [5, 5.41) is 45.8. The standard InChI is InChI=1S/C6H10O2.3C2H6O2/c1-4-8-6(7)5(2)3;3*3-1-2-4/h2,4H2,1,3H3;3*3-4H,1-2H2. The molecule has 0 unspecified atom stereocenters. The van der Waals surface area contributed by atoms with Crippen molar-refractivity contribution in [3.63, 3.8) is 0 Å². The lowest BCUT2D eigenvalue weighted by Gasteiger charge is -1.96. The summed E-state index contributed by atoms with van der Waals surface area (Å²) in [5.74, 6) is -0.312. The molecular weight excluding hydrogens is 272 g/mol. The van der Waals surface area contributed by atoms with E-state index in [9.17, 15) is 4.79 Å². The summed E-state index contributed by atoms with van der Waals surface area (Å²) in [6, 6.07) is 0. The highest BCUT2D eigenvalue weighted by Gasteiger charge is 1.98. The Kier molecular flexibility index (Phi) is 42.0. The van der Waals surface area contributed by atoms with Crippen LogP contribution in [0.4, 0.5) is 0 Å². The van der Waals surface area contributed by atoms with Gasteiger partial charge in [-0.3, -0.25) is 0 Å². The predicted molar refractivity (Wildman–Crippen MR) is 74.0 cm³/mol. The van der Waals surface area contributed by atoms with E-state index in [0.29, 0.717) is 12.2 Å². The Morgan fingerprint density at radius 1 is 0.850 bits per heavy atom. The molecule has 8 nitrogen and oxygen atoms in total. The minimum atomic E-state index is -0.312. The molecule has 0 rings (SSSR count). The predicted octanol–water partition coefficient (Wildman–Crippen LogP) is -1.96. The lowest BCUT2D eigenvalue weighted by molar-refractivity contribution is -0.138. The number of carbonyl (C=O) groups excluding carboxylic acids is 1. The monoisotopic (exact) mass is 300 g/mol. The molecule has 0 aromatic carbocycles. The Morgan fingerprint density at radius 2 is 1.10 bits per heavy atom. The minimum absolute atomic E-state index is 0.125. The van der Waals surface area contributed by atoms with Crippen molar-refractivity contribution in [1.29, 1.82) is 0 Å². The Balaban J connectivity index is -0.0000000917. The van der Waals surface area contributed by atoms with Gasteiger partial charge in [-0.05, 0) is 13.8 Å². The van der Waals surface area contributed by atoms with Crippen LogP contribution in [-0.2, 0) is 9.53 Å². The van der Waals surface area contributed by atoms with Crippen LogP contribution in [0, 0.1) is 0 Å². The molecule has 0 aliphatic heterocycles. The van der Waals surface area contributed by atoms with E-state index in [1.807, 2.05) is 0 Å². The Bertz CT molecular complexity index is 169. The zero-order chi connectivity index (χ0) is 16.8. The molecule has 0 bridgehead atoms. The van der Waals surface area contributed by atoms with Crippen LogP contribution in [0.2, 0.25) is 0 Å². The van der Waals surface area contributed by atoms with Crippen LogP contribution in [0.15, 0.2) is 12.2 Å². The van der Waals surface area contributed by atoms with E-state index in [1.165, 1.54) is 0 Å². The maximum absolute atomic E-state index is 10.4. The maximum atomic E-state index is 10.4. The topological polar surface area (TPSA) is 148 Å². The molecule has 8 heteroatoms. The molecule has 0 amide bonds. The first kappa shape index (κ1) is 27.3. The van der Waals surface area contributed by atoms with Crippen molar-refractivity contribution in [2.75, 3.05) is 46.2 Å². The SMILES string of the molecule is C=C(C)C(=O)OCC.OCCO.OCCO.OCCO. The second-order valence-electron chi connectivity index (χ2n) is 2.84. The summed E-state index contributed by atoms with van der Waals surface area (Å²) in [7, 11) is 0. The largest absolute Gasteiger partial charge is 0.463 e. The second kappa shape index (κ2) is 30.8. The molecule has 0 aromatic heterocycles. The zero-order valence-electron chi connectivity index (χ0n) is 12.2. The molecule has 0 radical (unpaired) electrons. The van der Waals surface area contributed by atoms with Crippen LogP contribution >= 0.6 is 0 Å². The van der Waals surface area contributed by atoms with Crippen LogP contribution in [0.3, 0.4) is 0 Å². The van der Waals surface area contributed by atoms with Gasteiger partial charge in [0, 0.05) is 5.57 Å². The first-order valence-corrected chi connectivity index (χ1v) is 5.90. The van der Waals surface area contributed by atoms with Crippen LogP contribution in [0.5, 0.6) is 0 Å². The highest BCUT2D eigenvalue weighted by molar-refractivity contribution is 5.86. The van der Waals surface area contributed by atoms with Crippen molar-refractivity contribution in [3.05, 3.63) is 12.2 Å². The molecule has 6 N–H and O–H groups in total. The van der Waals surface area contributed by atoms with Crippen LogP contribution in [0.1, 0.15) is 13.8 Å². The van der Waals surface area contributed by atoms with E-state index >= 15 is 0 Å². The van der Waals surface area contributed by atoms with Gasteiger partial charge in [0.25, 0.3) is 0 Å². The third-order valence-corrected chi connectivity index (χ3v) is 0.924. The average Bonchev–Trinajstić information content (AvgIpc) is 2.48. The van der Waals surface area contributed by atoms with Crippen molar-refractivity contribution >= 4 is 5.97 Å². The lowest BCUT2D eigenvalue weighted by Crippen LogP contribution is -2.03. The van der Waals surface area contributed by atoms with E-state index in [0.717, 1.165) is 0 Å². The van der Waals surface area contributed by atoms with Gasteiger partial charge in [0.2, 0.25) is 0 Å². The van der Waals surface area contributed by atoms with Gasteiger partial charge < -0.3 is 35.4 Å². The molecular formula is C12H28O8. The normalized spacial score (nSPS) is 7.80. The number of carbonyl (C=O) groups is 1. The number of rotatable bonds is 5. The number of hydrogen-bond acceptors (Lipinski definition) is 8. The fourth-order valence-electron chi connectivity index (χ4n) is 0.254. The van der Waals surface area contributed by atoms with Crippen molar-refractivity contribution in [1.82, 2.24) is 0 Å². The molecule has 124 valence electrons. The third-order valence-electron chi connectivity index (χ3n) is 0.924. The van der Waals surface area contributed by atoms with Gasteiger partial charge in [0.15, 0.2) is 0 Å². The van der Waals surface area contributed by atoms with Crippen LogP contribution in [-0.4, -0.2) is 82.9 Å². The highest BCUT2D eigenvalue weighted by Crippen LogP contribution is 1.89. The molecule has 0 atom stereocenters. The van der Waals surface area contributed by atoms with Gasteiger partial charge in [0.05, 0.1) is 46.2 Å². The van der Waals surface area contributed by atoms with Crippen molar-refractivity contribution in [2.24, 2.45) is 0 Å². The van der Waals surface area contributed by atoms with E-state index in [4.69, 9.17) is 30.6 Å². The second-order valence-corrected chi connectivity index (χ2v) is 2.84. The summed E-state index contributed by atoms with van der Waals surface area (Å²) >= 11 is 0. The third kappa shape index (κ3) is 53.8. The van der Waals surface area contributed by atoms with Gasteiger partial charge in [-0.1, -0.05) is 6.58 Å². The summed E-state index contributed by atoms with van der Waals surface area (Å²) in [5.41, 5.74) is 0.451. The average molecular weight is 300 g/mol. The summed E-state index contributed by atoms with van der Waals surface area (Å²) in [6.45, 7) is 6.46. The Hall–Kier alpha value is -1.03. The molecule has 0 saturated carbocycles. The summed E-state index contributed by atoms with van der Waals surface area (Å²) < 4.78 is 4.56. The van der Waals surface area contributed by atoms with Crippen molar-refractivity contribution in [3.8, 4) is 0 Å². The summed E-state index contributed by atoms with van der Waals surface area (Å²) in [6.07, 6.45) is 0. The number of aliphatic hydroxyl groups excluding tert-OH is 6. The zero-order valence-corrected chi connectivity index (χ0v) is 12.2. The van der Waals surface area contributed by atoms with Gasteiger partial charge in [-0.15, -0.1) is 0 Å². The van der Waals surface area contributed by atoms with Gasteiger partial charge in [0.1, 0.15) is 0 Å². The molecule has 0 heterocycles. The lowest BCUT2D eigenvalue weighted by atomic mass is 10.4. The van der Waals surface area contributed by atoms with Gasteiger partial charge in [-0.25, -0.2) is 4.79 Å². The molecule has 0 aliphatic carbocycles. The fraction of sp³-hybridized carbons (Fsp3) is 0.750. The van der Waals surface area contributed by atoms with Gasteiger partial charge in [-0.2, -0.15) is 0 Å². The number of esters is 1. The van der Waals surface area contributed by atoms with Crippen molar-refractivity contribution < 1.29 is 40.2 Å².